The van der Waals surface area contributed by atoms with Gasteiger partial charge in [-0.2, -0.15) is 0 Å². The molecule has 0 saturated heterocycles. The Labute approximate surface area is 120 Å². The Bertz CT molecular complexity index is 513. The van der Waals surface area contributed by atoms with Crippen molar-refractivity contribution < 1.29 is 9.47 Å². The lowest BCUT2D eigenvalue weighted by atomic mass is 10.2. The minimum atomic E-state index is 0.266. The van der Waals surface area contributed by atoms with E-state index < -0.39 is 0 Å². The highest BCUT2D eigenvalue weighted by molar-refractivity contribution is 5.49. The van der Waals surface area contributed by atoms with Gasteiger partial charge in [0.15, 0.2) is 0 Å². The fourth-order valence-electron chi connectivity index (χ4n) is 1.89. The zero-order valence-corrected chi connectivity index (χ0v) is 12.0. The second-order valence-corrected chi connectivity index (χ2v) is 4.65. The van der Waals surface area contributed by atoms with E-state index in [1.807, 2.05) is 61.5 Å². The normalized spacial score (nSPS) is 11.9. The standard InChI is InChI=1S/C17H21NO2/c1-3-19-13-14(2)18-15-8-7-11-17(12-15)20-16-9-5-4-6-10-16/h4-12,14,18H,3,13H2,1-2H3. The highest BCUT2D eigenvalue weighted by Gasteiger charge is 2.03. The van der Waals surface area contributed by atoms with Crippen LogP contribution in [-0.2, 0) is 4.74 Å². The number of hydrogen-bond donors (Lipinski definition) is 1. The molecule has 0 amide bonds. The molecule has 3 heteroatoms. The Kier molecular flexibility index (Phi) is 5.44. The smallest absolute Gasteiger partial charge is 0.129 e. The fraction of sp³-hybridized carbons (Fsp3) is 0.294. The molecule has 1 N–H and O–H groups in total. The second kappa shape index (κ2) is 7.56. The lowest BCUT2D eigenvalue weighted by Gasteiger charge is -2.15. The average molecular weight is 271 g/mol. The van der Waals surface area contributed by atoms with E-state index in [1.165, 1.54) is 0 Å². The van der Waals surface area contributed by atoms with Gasteiger partial charge in [0.05, 0.1) is 6.61 Å². The van der Waals surface area contributed by atoms with Gasteiger partial charge in [0, 0.05) is 24.4 Å². The summed E-state index contributed by atoms with van der Waals surface area (Å²) < 4.78 is 11.2. The predicted octanol–water partition coefficient (Wildman–Crippen LogP) is 4.32. The fourth-order valence-corrected chi connectivity index (χ4v) is 1.89. The van der Waals surface area contributed by atoms with E-state index in [9.17, 15) is 0 Å². The van der Waals surface area contributed by atoms with Crippen molar-refractivity contribution in [2.45, 2.75) is 19.9 Å². The van der Waals surface area contributed by atoms with Crippen molar-refractivity contribution in [1.29, 1.82) is 0 Å². The quantitative estimate of drug-likeness (QED) is 0.813. The molecule has 0 aliphatic carbocycles. The number of anilines is 1. The molecule has 1 unspecified atom stereocenters. The van der Waals surface area contributed by atoms with Gasteiger partial charge in [-0.05, 0) is 38.1 Å². The Morgan fingerprint density at radius 1 is 1.00 bits per heavy atom. The number of hydrogen-bond acceptors (Lipinski definition) is 3. The molecule has 0 saturated carbocycles. The van der Waals surface area contributed by atoms with Crippen LogP contribution in [0, 0.1) is 0 Å². The number of nitrogens with one attached hydrogen (secondary N) is 1. The molecule has 0 fully saturated rings. The number of ether oxygens (including phenoxy) is 2. The maximum Gasteiger partial charge on any atom is 0.129 e. The molecule has 0 heterocycles. The summed E-state index contributed by atoms with van der Waals surface area (Å²) in [5.74, 6) is 1.66. The summed E-state index contributed by atoms with van der Waals surface area (Å²) in [7, 11) is 0. The molecule has 1 atom stereocenters. The van der Waals surface area contributed by atoms with Crippen LogP contribution in [0.4, 0.5) is 5.69 Å². The topological polar surface area (TPSA) is 30.5 Å². The first-order chi connectivity index (χ1) is 9.78. The first-order valence-corrected chi connectivity index (χ1v) is 6.95. The van der Waals surface area contributed by atoms with Crippen molar-refractivity contribution in [3.8, 4) is 11.5 Å². The summed E-state index contributed by atoms with van der Waals surface area (Å²) in [5.41, 5.74) is 1.03. The molecule has 0 bridgehead atoms. The molecule has 20 heavy (non-hydrogen) atoms. The van der Waals surface area contributed by atoms with Gasteiger partial charge < -0.3 is 14.8 Å². The van der Waals surface area contributed by atoms with Crippen LogP contribution in [0.3, 0.4) is 0 Å². The Morgan fingerprint density at radius 2 is 1.75 bits per heavy atom. The molecule has 0 spiro atoms. The molecule has 0 radical (unpaired) electrons. The van der Waals surface area contributed by atoms with Gasteiger partial charge in [0.1, 0.15) is 11.5 Å². The molecule has 0 aliphatic rings. The molecule has 3 nitrogen and oxygen atoms in total. The van der Waals surface area contributed by atoms with Crippen molar-refractivity contribution in [2.75, 3.05) is 18.5 Å². The van der Waals surface area contributed by atoms with Crippen LogP contribution < -0.4 is 10.1 Å². The van der Waals surface area contributed by atoms with E-state index in [-0.39, 0.29) is 6.04 Å². The SMILES string of the molecule is CCOCC(C)Nc1cccc(Oc2ccccc2)c1. The summed E-state index contributed by atoms with van der Waals surface area (Å²) in [6.07, 6.45) is 0. The zero-order chi connectivity index (χ0) is 14.2. The van der Waals surface area contributed by atoms with Gasteiger partial charge in [-0.1, -0.05) is 24.3 Å². The van der Waals surface area contributed by atoms with Crippen molar-refractivity contribution in [1.82, 2.24) is 0 Å². The Hall–Kier alpha value is -2.00. The average Bonchev–Trinajstić information content (AvgIpc) is 2.46. The van der Waals surface area contributed by atoms with Gasteiger partial charge in [0.2, 0.25) is 0 Å². The number of benzene rings is 2. The highest BCUT2D eigenvalue weighted by atomic mass is 16.5. The third-order valence-electron chi connectivity index (χ3n) is 2.80. The first kappa shape index (κ1) is 14.4. The van der Waals surface area contributed by atoms with Crippen LogP contribution >= 0.6 is 0 Å². The van der Waals surface area contributed by atoms with Crippen molar-refractivity contribution in [3.05, 3.63) is 54.6 Å². The van der Waals surface area contributed by atoms with E-state index in [4.69, 9.17) is 9.47 Å². The van der Waals surface area contributed by atoms with Crippen molar-refractivity contribution in [3.63, 3.8) is 0 Å². The molecular formula is C17H21NO2. The summed E-state index contributed by atoms with van der Waals surface area (Å²) in [6.45, 7) is 5.53. The van der Waals surface area contributed by atoms with Crippen LogP contribution in [-0.4, -0.2) is 19.3 Å². The molecule has 2 rings (SSSR count). The summed E-state index contributed by atoms with van der Waals surface area (Å²) in [6, 6.07) is 18.0. The third kappa shape index (κ3) is 4.59. The second-order valence-electron chi connectivity index (χ2n) is 4.65. The lowest BCUT2D eigenvalue weighted by molar-refractivity contribution is 0.141. The minimum Gasteiger partial charge on any atom is -0.457 e. The highest BCUT2D eigenvalue weighted by Crippen LogP contribution is 2.24. The van der Waals surface area contributed by atoms with Gasteiger partial charge >= 0.3 is 0 Å². The number of para-hydroxylation sites is 1. The molecular weight excluding hydrogens is 250 g/mol. The van der Waals surface area contributed by atoms with Crippen LogP contribution in [0.2, 0.25) is 0 Å². The molecule has 2 aromatic carbocycles. The third-order valence-corrected chi connectivity index (χ3v) is 2.80. The maximum atomic E-state index is 5.81. The van der Waals surface area contributed by atoms with Gasteiger partial charge in [-0.15, -0.1) is 0 Å². The van der Waals surface area contributed by atoms with Crippen LogP contribution in [0.1, 0.15) is 13.8 Å². The molecule has 2 aromatic rings. The van der Waals surface area contributed by atoms with Gasteiger partial charge in [-0.25, -0.2) is 0 Å². The van der Waals surface area contributed by atoms with E-state index >= 15 is 0 Å². The minimum absolute atomic E-state index is 0.266. The maximum absolute atomic E-state index is 5.81. The van der Waals surface area contributed by atoms with E-state index in [1.54, 1.807) is 0 Å². The van der Waals surface area contributed by atoms with E-state index in [0.29, 0.717) is 6.61 Å². The zero-order valence-electron chi connectivity index (χ0n) is 12.0. The van der Waals surface area contributed by atoms with E-state index in [0.717, 1.165) is 23.8 Å². The first-order valence-electron chi connectivity index (χ1n) is 6.95. The lowest BCUT2D eigenvalue weighted by Crippen LogP contribution is -2.21. The Balaban J connectivity index is 1.97. The van der Waals surface area contributed by atoms with Crippen molar-refractivity contribution >= 4 is 5.69 Å². The molecule has 0 aliphatic heterocycles. The molecule has 0 aromatic heterocycles. The van der Waals surface area contributed by atoms with E-state index in [2.05, 4.69) is 12.2 Å². The van der Waals surface area contributed by atoms with Gasteiger partial charge in [-0.3, -0.25) is 0 Å². The predicted molar refractivity (Wildman–Crippen MR) is 82.5 cm³/mol. The van der Waals surface area contributed by atoms with Crippen LogP contribution in [0.5, 0.6) is 11.5 Å². The van der Waals surface area contributed by atoms with Crippen LogP contribution in [0.25, 0.3) is 0 Å². The summed E-state index contributed by atoms with van der Waals surface area (Å²) in [4.78, 5) is 0. The number of rotatable bonds is 7. The van der Waals surface area contributed by atoms with Crippen molar-refractivity contribution in [2.24, 2.45) is 0 Å². The van der Waals surface area contributed by atoms with Gasteiger partial charge in [0.25, 0.3) is 0 Å². The monoisotopic (exact) mass is 271 g/mol. The Morgan fingerprint density at radius 3 is 2.50 bits per heavy atom. The largest absolute Gasteiger partial charge is 0.457 e. The summed E-state index contributed by atoms with van der Waals surface area (Å²) in [5, 5.41) is 3.40. The van der Waals surface area contributed by atoms with Crippen LogP contribution in [0.15, 0.2) is 54.6 Å². The molecule has 106 valence electrons. The summed E-state index contributed by atoms with van der Waals surface area (Å²) >= 11 is 0.